The Hall–Kier alpha value is -1.14. The van der Waals surface area contributed by atoms with Crippen LogP contribution in [0.2, 0.25) is 0 Å². The normalized spacial score (nSPS) is 17.1. The van der Waals surface area contributed by atoms with Crippen molar-refractivity contribution in [2.45, 2.75) is 39.2 Å². The predicted molar refractivity (Wildman–Crippen MR) is 79.5 cm³/mol. The van der Waals surface area contributed by atoms with Crippen molar-refractivity contribution in [2.24, 2.45) is 5.92 Å². The van der Waals surface area contributed by atoms with E-state index in [2.05, 4.69) is 16.0 Å². The van der Waals surface area contributed by atoms with E-state index in [4.69, 9.17) is 0 Å². The Bertz CT molecular complexity index is 333. The summed E-state index contributed by atoms with van der Waals surface area (Å²) in [5.41, 5.74) is -0.342. The zero-order valence-electron chi connectivity index (χ0n) is 13.1. The molecule has 0 aliphatic carbocycles. The third kappa shape index (κ3) is 7.45. The van der Waals surface area contributed by atoms with Gasteiger partial charge in [0, 0.05) is 12.1 Å². The molecule has 1 rings (SSSR count). The lowest BCUT2D eigenvalue weighted by molar-refractivity contribution is -0.121. The molecule has 0 aromatic carbocycles. The number of amides is 3. The van der Waals surface area contributed by atoms with Gasteiger partial charge in [-0.25, -0.2) is 4.79 Å². The number of urea groups is 1. The highest BCUT2D eigenvalue weighted by Crippen LogP contribution is 2.12. The van der Waals surface area contributed by atoms with Crippen LogP contribution in [0.15, 0.2) is 0 Å². The monoisotopic (exact) mass is 284 g/mol. The molecule has 3 amide bonds. The maximum atomic E-state index is 11.8. The number of hydrogen-bond acceptors (Lipinski definition) is 4. The average molecular weight is 284 g/mol. The van der Waals surface area contributed by atoms with E-state index in [1.54, 1.807) is 0 Å². The number of carbonyl (C=O) groups is 2. The minimum atomic E-state index is -0.433. The fourth-order valence-corrected chi connectivity index (χ4v) is 2.35. The van der Waals surface area contributed by atoms with Crippen molar-refractivity contribution in [3.63, 3.8) is 0 Å². The van der Waals surface area contributed by atoms with Crippen molar-refractivity contribution in [3.8, 4) is 0 Å². The molecule has 0 saturated carbocycles. The largest absolute Gasteiger partial charge is 0.333 e. The van der Waals surface area contributed by atoms with Crippen LogP contribution in [0.3, 0.4) is 0 Å². The minimum Gasteiger partial charge on any atom is -0.333 e. The van der Waals surface area contributed by atoms with E-state index < -0.39 is 6.03 Å². The number of carbonyl (C=O) groups excluding carboxylic acids is 2. The Kier molecular flexibility index (Phi) is 6.42. The number of nitrogens with one attached hydrogen (secondary N) is 3. The van der Waals surface area contributed by atoms with Gasteiger partial charge in [0.1, 0.15) is 0 Å². The number of hydrogen-bond donors (Lipinski definition) is 3. The summed E-state index contributed by atoms with van der Waals surface area (Å²) in [6.07, 6.45) is 2.30. The van der Waals surface area contributed by atoms with Crippen LogP contribution < -0.4 is 16.0 Å². The van der Waals surface area contributed by atoms with Crippen LogP contribution in [0.4, 0.5) is 4.79 Å². The molecule has 20 heavy (non-hydrogen) atoms. The van der Waals surface area contributed by atoms with Gasteiger partial charge in [0.15, 0.2) is 0 Å². The Morgan fingerprint density at radius 2 is 1.85 bits per heavy atom. The van der Waals surface area contributed by atoms with Crippen LogP contribution in [-0.4, -0.2) is 55.6 Å². The smallest absolute Gasteiger partial charge is 0.321 e. The molecule has 0 aromatic heterocycles. The quantitative estimate of drug-likeness (QED) is 0.704. The van der Waals surface area contributed by atoms with E-state index in [0.29, 0.717) is 5.92 Å². The summed E-state index contributed by atoms with van der Waals surface area (Å²) < 4.78 is 0. The lowest BCUT2D eigenvalue weighted by atomic mass is 9.98. The Morgan fingerprint density at radius 3 is 2.40 bits per heavy atom. The van der Waals surface area contributed by atoms with E-state index in [1.807, 2.05) is 32.7 Å². The summed E-state index contributed by atoms with van der Waals surface area (Å²) in [6, 6.07) is -0.433. The lowest BCUT2D eigenvalue weighted by Crippen LogP contribution is -2.50. The fourth-order valence-electron chi connectivity index (χ4n) is 2.35. The molecule has 0 atom stereocenters. The van der Waals surface area contributed by atoms with Crippen molar-refractivity contribution in [1.29, 1.82) is 0 Å². The molecule has 1 aliphatic heterocycles. The molecule has 0 unspecified atom stereocenters. The SMILES string of the molecule is CN(CC(=O)NC(=O)NC(C)(C)C)CC1CCNCC1. The number of imide groups is 1. The van der Waals surface area contributed by atoms with Gasteiger partial charge in [-0.05, 0) is 59.7 Å². The second-order valence-corrected chi connectivity index (χ2v) is 6.64. The highest BCUT2D eigenvalue weighted by atomic mass is 16.2. The van der Waals surface area contributed by atoms with Crippen molar-refractivity contribution in [2.75, 3.05) is 33.2 Å². The van der Waals surface area contributed by atoms with Gasteiger partial charge in [-0.2, -0.15) is 0 Å². The van der Waals surface area contributed by atoms with Crippen molar-refractivity contribution >= 4 is 11.9 Å². The number of likely N-dealkylation sites (N-methyl/N-ethyl adjacent to an activating group) is 1. The molecule has 0 aromatic rings. The second-order valence-electron chi connectivity index (χ2n) is 6.64. The minimum absolute atomic E-state index is 0.251. The van der Waals surface area contributed by atoms with Crippen molar-refractivity contribution in [1.82, 2.24) is 20.9 Å². The molecule has 116 valence electrons. The highest BCUT2D eigenvalue weighted by Gasteiger charge is 2.19. The van der Waals surface area contributed by atoms with Gasteiger partial charge in [-0.1, -0.05) is 0 Å². The average Bonchev–Trinajstić information content (AvgIpc) is 2.26. The first-order valence-corrected chi connectivity index (χ1v) is 7.27. The van der Waals surface area contributed by atoms with Crippen molar-refractivity contribution in [3.05, 3.63) is 0 Å². The number of piperidine rings is 1. The third-order valence-electron chi connectivity index (χ3n) is 3.18. The van der Waals surface area contributed by atoms with Gasteiger partial charge >= 0.3 is 6.03 Å². The van der Waals surface area contributed by atoms with Crippen LogP contribution in [0.1, 0.15) is 33.6 Å². The molecule has 1 aliphatic rings. The molecular formula is C14H28N4O2. The molecule has 1 saturated heterocycles. The van der Waals surface area contributed by atoms with Gasteiger partial charge in [0.25, 0.3) is 0 Å². The fraction of sp³-hybridized carbons (Fsp3) is 0.857. The van der Waals surface area contributed by atoms with E-state index in [9.17, 15) is 9.59 Å². The number of rotatable bonds is 4. The molecule has 1 fully saturated rings. The lowest BCUT2D eigenvalue weighted by Gasteiger charge is -2.27. The zero-order chi connectivity index (χ0) is 15.2. The van der Waals surface area contributed by atoms with E-state index in [0.717, 1.165) is 32.5 Å². The maximum Gasteiger partial charge on any atom is 0.321 e. The summed E-state index contributed by atoms with van der Waals surface area (Å²) in [5.74, 6) is 0.376. The van der Waals surface area contributed by atoms with E-state index >= 15 is 0 Å². The standard InChI is InChI=1S/C14H28N4O2/c1-14(2,3)17-13(20)16-12(19)10-18(4)9-11-5-7-15-8-6-11/h11,15H,5-10H2,1-4H3,(H2,16,17,19,20). The van der Waals surface area contributed by atoms with E-state index in [1.165, 1.54) is 0 Å². The second kappa shape index (κ2) is 7.59. The van der Waals surface area contributed by atoms with Crippen LogP contribution in [-0.2, 0) is 4.79 Å². The maximum absolute atomic E-state index is 11.8. The van der Waals surface area contributed by atoms with Crippen LogP contribution in [0.25, 0.3) is 0 Å². The molecule has 6 heteroatoms. The van der Waals surface area contributed by atoms with Crippen LogP contribution in [0, 0.1) is 5.92 Å². The first kappa shape index (κ1) is 16.9. The molecule has 0 bridgehead atoms. The summed E-state index contributed by atoms with van der Waals surface area (Å²) in [5, 5.41) is 8.39. The Balaban J connectivity index is 2.25. The van der Waals surface area contributed by atoms with Gasteiger partial charge in [0.2, 0.25) is 5.91 Å². The summed E-state index contributed by atoms with van der Waals surface area (Å²) in [4.78, 5) is 25.3. The molecule has 6 nitrogen and oxygen atoms in total. The Morgan fingerprint density at radius 1 is 1.25 bits per heavy atom. The first-order chi connectivity index (χ1) is 9.26. The molecule has 0 radical (unpaired) electrons. The summed E-state index contributed by atoms with van der Waals surface area (Å²) in [6.45, 7) is 8.88. The van der Waals surface area contributed by atoms with Crippen molar-refractivity contribution < 1.29 is 9.59 Å². The van der Waals surface area contributed by atoms with Crippen LogP contribution in [0.5, 0.6) is 0 Å². The molecule has 1 heterocycles. The highest BCUT2D eigenvalue weighted by molar-refractivity contribution is 5.95. The van der Waals surface area contributed by atoms with Gasteiger partial charge in [0.05, 0.1) is 6.54 Å². The summed E-state index contributed by atoms with van der Waals surface area (Å²) >= 11 is 0. The Labute approximate surface area is 121 Å². The topological polar surface area (TPSA) is 73.5 Å². The molecule has 3 N–H and O–H groups in total. The van der Waals surface area contributed by atoms with E-state index in [-0.39, 0.29) is 18.0 Å². The zero-order valence-corrected chi connectivity index (χ0v) is 13.1. The molecular weight excluding hydrogens is 256 g/mol. The van der Waals surface area contributed by atoms with Gasteiger partial charge in [-0.3, -0.25) is 15.0 Å². The van der Waals surface area contributed by atoms with Gasteiger partial charge in [-0.15, -0.1) is 0 Å². The number of nitrogens with zero attached hydrogens (tertiary/aromatic N) is 1. The molecule has 0 spiro atoms. The predicted octanol–water partition coefficient (Wildman–Crippen LogP) is 0.542. The first-order valence-electron chi connectivity index (χ1n) is 7.27. The van der Waals surface area contributed by atoms with Crippen LogP contribution >= 0.6 is 0 Å². The van der Waals surface area contributed by atoms with Gasteiger partial charge < -0.3 is 10.6 Å². The third-order valence-corrected chi connectivity index (χ3v) is 3.18. The summed E-state index contributed by atoms with van der Waals surface area (Å²) in [7, 11) is 1.92.